The molecule has 2 atom stereocenters. The Morgan fingerprint density at radius 3 is 2.27 bits per heavy atom. The van der Waals surface area contributed by atoms with Crippen LogP contribution in [0, 0.1) is 11.8 Å². The Hall–Kier alpha value is -2.17. The predicted molar refractivity (Wildman–Crippen MR) is 108 cm³/mol. The van der Waals surface area contributed by atoms with Gasteiger partial charge in [-0.05, 0) is 68.6 Å². The van der Waals surface area contributed by atoms with Gasteiger partial charge >= 0.3 is 0 Å². The van der Waals surface area contributed by atoms with Crippen LogP contribution >= 0.6 is 0 Å². The van der Waals surface area contributed by atoms with E-state index in [0.29, 0.717) is 17.4 Å². The number of hydrazone groups is 2. The Balaban J connectivity index is 1.62. The van der Waals surface area contributed by atoms with E-state index in [1.165, 1.54) is 31.4 Å². The van der Waals surface area contributed by atoms with Gasteiger partial charge < -0.3 is 0 Å². The Kier molecular flexibility index (Phi) is 6.42. The molecule has 2 aliphatic rings. The summed E-state index contributed by atoms with van der Waals surface area (Å²) in [6.07, 6.45) is 9.33. The molecule has 0 aliphatic heterocycles. The number of benzene rings is 1. The molecule has 3 rings (SSSR count). The van der Waals surface area contributed by atoms with Gasteiger partial charge in [0.05, 0.1) is 5.69 Å². The van der Waals surface area contributed by atoms with Gasteiger partial charge in [0.2, 0.25) is 0 Å². The third-order valence-electron chi connectivity index (χ3n) is 5.53. The van der Waals surface area contributed by atoms with Gasteiger partial charge in [-0.15, -0.1) is 0 Å². The highest BCUT2D eigenvalue weighted by Crippen LogP contribution is 2.22. The topological polar surface area (TPSA) is 65.8 Å². The van der Waals surface area contributed by atoms with Gasteiger partial charge in [0, 0.05) is 17.0 Å². The summed E-state index contributed by atoms with van der Waals surface area (Å²) in [6.45, 7) is 4.41. The zero-order chi connectivity index (χ0) is 18.4. The molecule has 0 heterocycles. The molecule has 0 saturated heterocycles. The molecule has 1 amide bonds. The number of carbonyl (C=O) groups excluding carboxylic acids is 1. The molecule has 0 spiro atoms. The number of anilines is 1. The summed E-state index contributed by atoms with van der Waals surface area (Å²) in [6, 6.07) is 7.44. The van der Waals surface area contributed by atoms with Crippen LogP contribution in [-0.2, 0) is 0 Å². The van der Waals surface area contributed by atoms with Crippen molar-refractivity contribution in [3.8, 4) is 0 Å². The van der Waals surface area contributed by atoms with E-state index < -0.39 is 0 Å². The third-order valence-corrected chi connectivity index (χ3v) is 5.53. The van der Waals surface area contributed by atoms with Crippen LogP contribution in [0.25, 0.3) is 0 Å². The predicted octanol–water partition coefficient (Wildman–Crippen LogP) is 4.96. The molecule has 26 heavy (non-hydrogen) atoms. The van der Waals surface area contributed by atoms with Gasteiger partial charge in [-0.3, -0.25) is 10.2 Å². The second-order valence-electron chi connectivity index (χ2n) is 7.63. The molecule has 5 nitrogen and oxygen atoms in total. The van der Waals surface area contributed by atoms with Gasteiger partial charge in [0.15, 0.2) is 0 Å². The molecule has 0 unspecified atom stereocenters. The standard InChI is InChI=1S/C21H30N4O/c1-15-8-3-5-12-19(15)23-22-18-11-7-10-17(14-18)21(26)25-24-20-13-6-4-9-16(20)2/h7,10-11,14-16,22H,3-6,8-9,12-13H2,1-2H3,(H,25,26)/b23-19?,24-20-/t15-,16-/m0/s1. The second-order valence-corrected chi connectivity index (χ2v) is 7.63. The van der Waals surface area contributed by atoms with Crippen LogP contribution in [-0.4, -0.2) is 17.3 Å². The maximum absolute atomic E-state index is 12.4. The lowest BCUT2D eigenvalue weighted by molar-refractivity contribution is 0.0954. The minimum absolute atomic E-state index is 0.169. The number of hydrogen-bond donors (Lipinski definition) is 2. The largest absolute Gasteiger partial charge is 0.279 e. The van der Waals surface area contributed by atoms with Crippen molar-refractivity contribution in [3.05, 3.63) is 29.8 Å². The molecule has 0 aromatic heterocycles. The molecule has 2 N–H and O–H groups in total. The maximum atomic E-state index is 12.4. The summed E-state index contributed by atoms with van der Waals surface area (Å²) in [4.78, 5) is 12.4. The molecule has 2 fully saturated rings. The molecule has 0 radical (unpaired) electrons. The molecule has 2 saturated carbocycles. The van der Waals surface area contributed by atoms with Gasteiger partial charge in [0.25, 0.3) is 5.91 Å². The fourth-order valence-electron chi connectivity index (χ4n) is 3.72. The second kappa shape index (κ2) is 8.97. The first-order chi connectivity index (χ1) is 12.6. The summed E-state index contributed by atoms with van der Waals surface area (Å²) in [5.74, 6) is 0.832. The van der Waals surface area contributed by atoms with Crippen LogP contribution < -0.4 is 10.9 Å². The van der Waals surface area contributed by atoms with Crippen molar-refractivity contribution in [2.24, 2.45) is 22.0 Å². The lowest BCUT2D eigenvalue weighted by Gasteiger charge is -2.20. The molecule has 140 valence electrons. The minimum atomic E-state index is -0.169. The molecule has 0 bridgehead atoms. The van der Waals surface area contributed by atoms with Crippen molar-refractivity contribution < 1.29 is 4.79 Å². The Labute approximate surface area is 156 Å². The van der Waals surface area contributed by atoms with Crippen molar-refractivity contribution in [2.45, 2.75) is 65.2 Å². The minimum Gasteiger partial charge on any atom is -0.279 e. The highest BCUT2D eigenvalue weighted by molar-refractivity contribution is 5.96. The van der Waals surface area contributed by atoms with Crippen molar-refractivity contribution in [1.82, 2.24) is 5.43 Å². The number of hydrogen-bond acceptors (Lipinski definition) is 4. The lowest BCUT2D eigenvalue weighted by atomic mass is 9.89. The first-order valence-corrected chi connectivity index (χ1v) is 9.93. The van der Waals surface area contributed by atoms with E-state index in [0.717, 1.165) is 37.1 Å². The smallest absolute Gasteiger partial charge is 0.271 e. The van der Waals surface area contributed by atoms with Crippen LogP contribution in [0.2, 0.25) is 0 Å². The quantitative estimate of drug-likeness (QED) is 0.751. The molecular formula is C21H30N4O. The SMILES string of the molecule is C[C@H]1CCCCC1=NNc1cccc(C(=O)N/N=C2/CCCC[C@@H]2C)c1. The molecule has 5 heteroatoms. The average Bonchev–Trinajstić information content (AvgIpc) is 2.67. The van der Waals surface area contributed by atoms with Crippen LogP contribution in [0.4, 0.5) is 5.69 Å². The number of amides is 1. The van der Waals surface area contributed by atoms with E-state index in [2.05, 4.69) is 34.9 Å². The van der Waals surface area contributed by atoms with E-state index in [1.54, 1.807) is 6.07 Å². The Morgan fingerprint density at radius 2 is 1.62 bits per heavy atom. The first-order valence-electron chi connectivity index (χ1n) is 9.93. The summed E-state index contributed by atoms with van der Waals surface area (Å²) >= 11 is 0. The maximum Gasteiger partial charge on any atom is 0.271 e. The van der Waals surface area contributed by atoms with E-state index in [9.17, 15) is 4.79 Å². The zero-order valence-electron chi connectivity index (χ0n) is 15.9. The van der Waals surface area contributed by atoms with Crippen LogP contribution in [0.5, 0.6) is 0 Å². The Morgan fingerprint density at radius 1 is 0.962 bits per heavy atom. The van der Waals surface area contributed by atoms with Crippen LogP contribution in [0.1, 0.15) is 75.6 Å². The fraction of sp³-hybridized carbons (Fsp3) is 0.571. The average molecular weight is 354 g/mol. The summed E-state index contributed by atoms with van der Waals surface area (Å²) in [5.41, 5.74) is 9.61. The fourth-order valence-corrected chi connectivity index (χ4v) is 3.72. The van der Waals surface area contributed by atoms with Crippen molar-refractivity contribution in [3.63, 3.8) is 0 Å². The number of nitrogens with one attached hydrogen (secondary N) is 2. The van der Waals surface area contributed by atoms with Gasteiger partial charge in [-0.25, -0.2) is 5.43 Å². The van der Waals surface area contributed by atoms with Gasteiger partial charge in [-0.2, -0.15) is 10.2 Å². The summed E-state index contributed by atoms with van der Waals surface area (Å²) in [7, 11) is 0. The number of nitrogens with zero attached hydrogens (tertiary/aromatic N) is 2. The molecule has 1 aromatic carbocycles. The van der Waals surface area contributed by atoms with Gasteiger partial charge in [-0.1, -0.05) is 32.8 Å². The third kappa shape index (κ3) is 4.93. The molecule has 2 aliphatic carbocycles. The van der Waals surface area contributed by atoms with E-state index >= 15 is 0 Å². The van der Waals surface area contributed by atoms with E-state index in [1.807, 2.05) is 18.2 Å². The van der Waals surface area contributed by atoms with Crippen molar-refractivity contribution in [1.29, 1.82) is 0 Å². The molecular weight excluding hydrogens is 324 g/mol. The highest BCUT2D eigenvalue weighted by Gasteiger charge is 2.17. The van der Waals surface area contributed by atoms with Crippen molar-refractivity contribution in [2.75, 3.05) is 5.43 Å². The number of rotatable bonds is 4. The molecule has 1 aromatic rings. The van der Waals surface area contributed by atoms with E-state index in [-0.39, 0.29) is 5.91 Å². The van der Waals surface area contributed by atoms with Crippen LogP contribution in [0.3, 0.4) is 0 Å². The first kappa shape index (κ1) is 18.6. The zero-order valence-corrected chi connectivity index (χ0v) is 15.9. The van der Waals surface area contributed by atoms with Crippen LogP contribution in [0.15, 0.2) is 34.5 Å². The van der Waals surface area contributed by atoms with Gasteiger partial charge in [0.1, 0.15) is 0 Å². The lowest BCUT2D eigenvalue weighted by Crippen LogP contribution is -2.24. The van der Waals surface area contributed by atoms with E-state index in [4.69, 9.17) is 0 Å². The number of carbonyl (C=O) groups is 1. The normalized spacial score (nSPS) is 26.7. The monoisotopic (exact) mass is 354 g/mol. The summed E-state index contributed by atoms with van der Waals surface area (Å²) < 4.78 is 0. The summed E-state index contributed by atoms with van der Waals surface area (Å²) in [5, 5.41) is 8.94. The van der Waals surface area contributed by atoms with Crippen molar-refractivity contribution >= 4 is 23.0 Å². The highest BCUT2D eigenvalue weighted by atomic mass is 16.2. The Bertz CT molecular complexity index is 695.